The van der Waals surface area contributed by atoms with Gasteiger partial charge in [0.15, 0.2) is 5.79 Å². The Morgan fingerprint density at radius 2 is 1.90 bits per heavy atom. The van der Waals surface area contributed by atoms with Crippen molar-refractivity contribution in [3.05, 3.63) is 42.8 Å². The Hall–Kier alpha value is 0.325. The molecule has 1 saturated heterocycles. The number of benzene rings is 1. The fraction of sp³-hybridized carbons (Fsp3) is 0.562. The average Bonchev–Trinajstić information content (AvgIpc) is 2.33. The van der Waals surface area contributed by atoms with Gasteiger partial charge in [0.2, 0.25) is 0 Å². The predicted octanol–water partition coefficient (Wildman–Crippen LogP) is 0.339. The second-order valence-electron chi connectivity index (χ2n) is 5.44. The zero-order valence-electron chi connectivity index (χ0n) is 12.9. The molecule has 0 amide bonds. The first kappa shape index (κ1) is 21.3. The standard InChI is InChI=1S/C16H23O3.ClH.Hg/c1-13-11-15(19-16(2,3)18-13)9-10-17-12-14-7-5-4-6-8-14;;/h4-8,13,15H,1,9-12H2,2-3H3;1H;/q;;+1/p-1/t13-,15+;;/m1../s1. The Labute approximate surface area is 154 Å². The second kappa shape index (κ2) is 10.2. The van der Waals surface area contributed by atoms with Crippen LogP contribution >= 0.6 is 0 Å². The Kier molecular flexibility index (Phi) is 10.3. The number of ether oxygens (including phenoxy) is 3. The van der Waals surface area contributed by atoms with Crippen LogP contribution in [0.5, 0.6) is 0 Å². The van der Waals surface area contributed by atoms with Crippen molar-refractivity contribution >= 4 is 0 Å². The molecule has 0 aromatic heterocycles. The van der Waals surface area contributed by atoms with E-state index in [1.54, 1.807) is 0 Å². The molecule has 1 fully saturated rings. The third-order valence-corrected chi connectivity index (χ3v) is 3.12. The van der Waals surface area contributed by atoms with Crippen molar-refractivity contribution in [3.8, 4) is 0 Å². The van der Waals surface area contributed by atoms with Crippen LogP contribution in [-0.4, -0.2) is 24.6 Å². The largest absolute Gasteiger partial charge is 1.00 e. The van der Waals surface area contributed by atoms with Crippen molar-refractivity contribution in [1.29, 1.82) is 0 Å². The van der Waals surface area contributed by atoms with E-state index in [-0.39, 0.29) is 52.3 Å². The van der Waals surface area contributed by atoms with Crippen molar-refractivity contribution in [2.45, 2.75) is 51.3 Å². The summed E-state index contributed by atoms with van der Waals surface area (Å²) in [6.07, 6.45) is 1.88. The van der Waals surface area contributed by atoms with E-state index in [0.717, 1.165) is 12.8 Å². The quantitative estimate of drug-likeness (QED) is 0.432. The van der Waals surface area contributed by atoms with E-state index in [1.165, 1.54) is 5.56 Å². The summed E-state index contributed by atoms with van der Waals surface area (Å²) in [5.41, 5.74) is 1.20. The van der Waals surface area contributed by atoms with Crippen LogP contribution < -0.4 is 12.4 Å². The van der Waals surface area contributed by atoms with E-state index in [9.17, 15) is 0 Å². The van der Waals surface area contributed by atoms with E-state index in [4.69, 9.17) is 14.2 Å². The van der Waals surface area contributed by atoms with Gasteiger partial charge >= 0.3 is 27.7 Å². The molecule has 0 bridgehead atoms. The molecule has 1 aliphatic rings. The van der Waals surface area contributed by atoms with E-state index < -0.39 is 5.79 Å². The minimum atomic E-state index is -0.533. The maximum Gasteiger partial charge on any atom is 1.00 e. The number of hydrogen-bond donors (Lipinski definition) is 0. The SMILES string of the molecule is [CH2][C@@H]1C[C@H](CCOCc2ccccc2)OC(C)(C)O1.[Cl-].[Hg+]. The summed E-state index contributed by atoms with van der Waals surface area (Å²) in [6.45, 7) is 9.19. The minimum absolute atomic E-state index is 0. The number of halogens is 1. The van der Waals surface area contributed by atoms with E-state index >= 15 is 0 Å². The van der Waals surface area contributed by atoms with Crippen LogP contribution in [-0.2, 0) is 48.5 Å². The first-order chi connectivity index (χ1) is 9.05. The summed E-state index contributed by atoms with van der Waals surface area (Å²) < 4.78 is 17.1. The van der Waals surface area contributed by atoms with Gasteiger partial charge in [-0.1, -0.05) is 30.3 Å². The fourth-order valence-corrected chi connectivity index (χ4v) is 2.38. The van der Waals surface area contributed by atoms with Crippen LogP contribution in [0, 0.1) is 6.92 Å². The summed E-state index contributed by atoms with van der Waals surface area (Å²) in [6, 6.07) is 10.2. The first-order valence-electron chi connectivity index (χ1n) is 6.85. The molecule has 1 aromatic rings. The Morgan fingerprint density at radius 3 is 2.52 bits per heavy atom. The van der Waals surface area contributed by atoms with Gasteiger partial charge in [-0.25, -0.2) is 0 Å². The summed E-state index contributed by atoms with van der Waals surface area (Å²) >= 11 is 0. The summed E-state index contributed by atoms with van der Waals surface area (Å²) in [7, 11) is 0. The average molecular weight is 499 g/mol. The molecular formula is C16H23ClHgO3. The van der Waals surface area contributed by atoms with Crippen LogP contribution in [0.2, 0.25) is 0 Å². The molecule has 5 heteroatoms. The molecule has 1 heterocycles. The molecule has 3 nitrogen and oxygen atoms in total. The molecular weight excluding hydrogens is 476 g/mol. The van der Waals surface area contributed by atoms with Gasteiger partial charge < -0.3 is 26.6 Å². The molecule has 1 aliphatic heterocycles. The van der Waals surface area contributed by atoms with E-state index in [2.05, 4.69) is 19.1 Å². The van der Waals surface area contributed by atoms with Crippen molar-refractivity contribution in [2.75, 3.05) is 6.61 Å². The molecule has 0 unspecified atom stereocenters. The Balaban J connectivity index is 0.00000200. The van der Waals surface area contributed by atoms with Gasteiger partial charge in [-0.3, -0.25) is 0 Å². The third kappa shape index (κ3) is 7.94. The molecule has 114 valence electrons. The molecule has 21 heavy (non-hydrogen) atoms. The minimum Gasteiger partial charge on any atom is -1.00 e. The summed E-state index contributed by atoms with van der Waals surface area (Å²) in [5, 5.41) is 0. The second-order valence-corrected chi connectivity index (χ2v) is 5.44. The first-order valence-corrected chi connectivity index (χ1v) is 6.85. The van der Waals surface area contributed by atoms with Gasteiger partial charge in [0.25, 0.3) is 0 Å². The molecule has 2 atom stereocenters. The van der Waals surface area contributed by atoms with Crippen molar-refractivity contribution in [2.24, 2.45) is 0 Å². The number of hydrogen-bond acceptors (Lipinski definition) is 3. The topological polar surface area (TPSA) is 27.7 Å². The molecule has 0 aliphatic carbocycles. The monoisotopic (exact) mass is 500 g/mol. The van der Waals surface area contributed by atoms with Gasteiger partial charge in [0.05, 0.1) is 18.8 Å². The smallest absolute Gasteiger partial charge is 1.00 e. The van der Waals surface area contributed by atoms with Crippen molar-refractivity contribution in [1.82, 2.24) is 0 Å². The van der Waals surface area contributed by atoms with Crippen LogP contribution in [0.15, 0.2) is 30.3 Å². The zero-order valence-corrected chi connectivity index (χ0v) is 19.1. The maximum absolute atomic E-state index is 5.85. The van der Waals surface area contributed by atoms with Crippen molar-refractivity contribution in [3.63, 3.8) is 0 Å². The van der Waals surface area contributed by atoms with Gasteiger partial charge in [0.1, 0.15) is 0 Å². The van der Waals surface area contributed by atoms with E-state index in [0.29, 0.717) is 13.2 Å². The zero-order chi connectivity index (χ0) is 13.7. The molecule has 0 spiro atoms. The van der Waals surface area contributed by atoms with Crippen LogP contribution in [0.25, 0.3) is 0 Å². The normalized spacial score (nSPS) is 23.8. The van der Waals surface area contributed by atoms with Crippen LogP contribution in [0.4, 0.5) is 0 Å². The summed E-state index contributed by atoms with van der Waals surface area (Å²) in [4.78, 5) is 0. The van der Waals surface area contributed by atoms with Gasteiger partial charge in [-0.2, -0.15) is 0 Å². The van der Waals surface area contributed by atoms with Crippen LogP contribution in [0.3, 0.4) is 0 Å². The molecule has 2 rings (SSSR count). The summed E-state index contributed by atoms with van der Waals surface area (Å²) in [5.74, 6) is -0.533. The predicted molar refractivity (Wildman–Crippen MR) is 74.5 cm³/mol. The fourth-order valence-electron chi connectivity index (χ4n) is 2.38. The van der Waals surface area contributed by atoms with E-state index in [1.807, 2.05) is 32.0 Å². The molecule has 2 radical (unpaired) electrons. The van der Waals surface area contributed by atoms with Crippen LogP contribution in [0.1, 0.15) is 32.3 Å². The van der Waals surface area contributed by atoms with Gasteiger partial charge in [-0.05, 0) is 32.8 Å². The third-order valence-electron chi connectivity index (χ3n) is 3.12. The Bertz CT molecular complexity index is 386. The molecule has 0 saturated carbocycles. The maximum atomic E-state index is 5.85. The molecule has 1 aromatic carbocycles. The Morgan fingerprint density at radius 1 is 1.24 bits per heavy atom. The molecule has 0 N–H and O–H groups in total. The van der Waals surface area contributed by atoms with Gasteiger partial charge in [-0.15, -0.1) is 0 Å². The van der Waals surface area contributed by atoms with Crippen molar-refractivity contribution < 1.29 is 54.3 Å². The van der Waals surface area contributed by atoms with Gasteiger partial charge in [0, 0.05) is 13.0 Å². The number of rotatable bonds is 5.